The Labute approximate surface area is 154 Å². The van der Waals surface area contributed by atoms with Crippen LogP contribution in [0.3, 0.4) is 0 Å². The summed E-state index contributed by atoms with van der Waals surface area (Å²) in [5.41, 5.74) is 1.34. The molecule has 0 aliphatic carbocycles. The molecule has 0 saturated carbocycles. The Morgan fingerprint density at radius 1 is 0.760 bits per heavy atom. The molecule has 0 radical (unpaired) electrons. The van der Waals surface area contributed by atoms with Crippen molar-refractivity contribution in [3.05, 3.63) is 72.4 Å². The summed E-state index contributed by atoms with van der Waals surface area (Å²) in [4.78, 5) is 10.4. The van der Waals surface area contributed by atoms with Gasteiger partial charge in [0.05, 0.1) is 0 Å². The third-order valence-electron chi connectivity index (χ3n) is 3.45. The van der Waals surface area contributed by atoms with Crippen molar-refractivity contribution in [3.63, 3.8) is 0 Å². The molecule has 0 rings (SSSR count). The Balaban J connectivity index is 3.71. The molecule has 0 atom stereocenters. The van der Waals surface area contributed by atoms with Crippen LogP contribution in [0.4, 0.5) is 0 Å². The van der Waals surface area contributed by atoms with Gasteiger partial charge in [-0.3, -0.25) is 4.79 Å². The molecule has 0 aromatic heterocycles. The van der Waals surface area contributed by atoms with Crippen LogP contribution < -0.4 is 0 Å². The lowest BCUT2D eigenvalue weighted by Gasteiger charge is -1.94. The largest absolute Gasteiger partial charge is 0.481 e. The van der Waals surface area contributed by atoms with Crippen LogP contribution >= 0.6 is 0 Å². The third kappa shape index (κ3) is 19.9. The van der Waals surface area contributed by atoms with Gasteiger partial charge in [-0.25, -0.2) is 0 Å². The summed E-state index contributed by atoms with van der Waals surface area (Å²) in [5.74, 6) is -0.740. The van der Waals surface area contributed by atoms with Gasteiger partial charge >= 0.3 is 5.97 Å². The SMILES string of the molecule is CCC=CCC=CCC=CCC=CCC(C)=CCC=CCCC(=O)O. The van der Waals surface area contributed by atoms with E-state index >= 15 is 0 Å². The van der Waals surface area contributed by atoms with Crippen molar-refractivity contribution >= 4 is 5.97 Å². The Bertz CT molecular complexity index is 502. The third-order valence-corrected chi connectivity index (χ3v) is 3.45. The van der Waals surface area contributed by atoms with Crippen molar-refractivity contribution in [2.75, 3.05) is 0 Å². The number of carbonyl (C=O) groups is 1. The van der Waals surface area contributed by atoms with Crippen LogP contribution in [-0.2, 0) is 4.79 Å². The highest BCUT2D eigenvalue weighted by Crippen LogP contribution is 2.04. The van der Waals surface area contributed by atoms with Gasteiger partial charge in [-0.15, -0.1) is 0 Å². The fourth-order valence-corrected chi connectivity index (χ4v) is 2.02. The average Bonchev–Trinajstić information content (AvgIpc) is 2.58. The lowest BCUT2D eigenvalue weighted by atomic mass is 10.1. The highest BCUT2D eigenvalue weighted by atomic mass is 16.4. The van der Waals surface area contributed by atoms with Crippen LogP contribution in [0.5, 0.6) is 0 Å². The number of hydrogen-bond donors (Lipinski definition) is 1. The molecule has 0 aromatic rings. The molecule has 0 fully saturated rings. The van der Waals surface area contributed by atoms with Gasteiger partial charge in [-0.2, -0.15) is 0 Å². The number of aliphatic carboxylic acids is 1. The molecule has 0 unspecified atom stereocenters. The van der Waals surface area contributed by atoms with Crippen molar-refractivity contribution in [2.24, 2.45) is 0 Å². The van der Waals surface area contributed by atoms with Crippen molar-refractivity contribution in [2.45, 2.75) is 65.2 Å². The second-order valence-corrected chi connectivity index (χ2v) is 5.90. The maximum absolute atomic E-state index is 10.4. The number of rotatable bonds is 14. The molecule has 0 bridgehead atoms. The summed E-state index contributed by atoms with van der Waals surface area (Å²) >= 11 is 0. The fourth-order valence-electron chi connectivity index (χ4n) is 2.02. The minimum Gasteiger partial charge on any atom is -0.481 e. The van der Waals surface area contributed by atoms with E-state index in [1.807, 2.05) is 12.2 Å². The van der Waals surface area contributed by atoms with E-state index in [0.717, 1.165) is 38.5 Å². The number of hydrogen-bond acceptors (Lipinski definition) is 1. The van der Waals surface area contributed by atoms with Gasteiger partial charge in [-0.1, -0.05) is 79.3 Å². The van der Waals surface area contributed by atoms with Crippen LogP contribution in [0.25, 0.3) is 0 Å². The van der Waals surface area contributed by atoms with E-state index in [1.54, 1.807) is 0 Å². The number of carboxylic acid groups (broad SMARTS) is 1. The van der Waals surface area contributed by atoms with Crippen LogP contribution in [-0.4, -0.2) is 11.1 Å². The second-order valence-electron chi connectivity index (χ2n) is 5.90. The maximum atomic E-state index is 10.4. The minimum absolute atomic E-state index is 0.209. The predicted molar refractivity (Wildman–Crippen MR) is 110 cm³/mol. The van der Waals surface area contributed by atoms with Crippen molar-refractivity contribution in [1.82, 2.24) is 0 Å². The van der Waals surface area contributed by atoms with Crippen LogP contribution in [0.2, 0.25) is 0 Å². The summed E-state index contributed by atoms with van der Waals surface area (Å²) in [5, 5.41) is 8.54. The molecule has 0 aliphatic heterocycles. The smallest absolute Gasteiger partial charge is 0.303 e. The molecule has 0 aliphatic rings. The first kappa shape index (κ1) is 22.9. The van der Waals surface area contributed by atoms with E-state index in [4.69, 9.17) is 5.11 Å². The van der Waals surface area contributed by atoms with Gasteiger partial charge in [0.15, 0.2) is 0 Å². The lowest BCUT2D eigenvalue weighted by Crippen LogP contribution is -1.91. The molecular weight excluding hydrogens is 308 g/mol. The quantitative estimate of drug-likeness (QED) is 0.347. The highest BCUT2D eigenvalue weighted by molar-refractivity contribution is 5.66. The Morgan fingerprint density at radius 3 is 1.84 bits per heavy atom. The maximum Gasteiger partial charge on any atom is 0.303 e. The van der Waals surface area contributed by atoms with Crippen LogP contribution in [0.1, 0.15) is 65.2 Å². The molecule has 25 heavy (non-hydrogen) atoms. The predicted octanol–water partition coefficient (Wildman–Crippen LogP) is 6.94. The Hall–Kier alpha value is -2.09. The number of allylic oxidation sites excluding steroid dienone is 12. The number of carboxylic acids is 1. The first-order valence-corrected chi connectivity index (χ1v) is 9.29. The highest BCUT2D eigenvalue weighted by Gasteiger charge is 1.91. The molecular formula is C23H34O2. The van der Waals surface area contributed by atoms with Crippen LogP contribution in [0, 0.1) is 0 Å². The molecule has 138 valence electrons. The molecule has 1 N–H and O–H groups in total. The van der Waals surface area contributed by atoms with E-state index < -0.39 is 5.97 Å². The van der Waals surface area contributed by atoms with E-state index in [0.29, 0.717) is 6.42 Å². The van der Waals surface area contributed by atoms with E-state index in [9.17, 15) is 4.79 Å². The zero-order chi connectivity index (χ0) is 18.6. The summed E-state index contributed by atoms with van der Waals surface area (Å²) in [6.45, 7) is 4.28. The molecule has 0 heterocycles. The van der Waals surface area contributed by atoms with Crippen molar-refractivity contribution < 1.29 is 9.90 Å². The zero-order valence-electron chi connectivity index (χ0n) is 15.9. The minimum atomic E-state index is -0.740. The second kappa shape index (κ2) is 18.3. The fraction of sp³-hybridized carbons (Fsp3) is 0.435. The average molecular weight is 343 g/mol. The van der Waals surface area contributed by atoms with Crippen LogP contribution in [0.15, 0.2) is 72.4 Å². The Morgan fingerprint density at radius 2 is 1.28 bits per heavy atom. The topological polar surface area (TPSA) is 37.3 Å². The van der Waals surface area contributed by atoms with E-state index in [1.165, 1.54) is 5.57 Å². The summed E-state index contributed by atoms with van der Waals surface area (Å²) in [6, 6.07) is 0. The molecule has 0 saturated heterocycles. The summed E-state index contributed by atoms with van der Waals surface area (Å²) < 4.78 is 0. The van der Waals surface area contributed by atoms with Crippen molar-refractivity contribution in [1.29, 1.82) is 0 Å². The van der Waals surface area contributed by atoms with E-state index in [-0.39, 0.29) is 6.42 Å². The normalized spacial score (nSPS) is 13.4. The van der Waals surface area contributed by atoms with Gasteiger partial charge < -0.3 is 5.11 Å². The molecule has 2 heteroatoms. The lowest BCUT2D eigenvalue weighted by molar-refractivity contribution is -0.136. The molecule has 0 spiro atoms. The van der Waals surface area contributed by atoms with Crippen molar-refractivity contribution in [3.8, 4) is 0 Å². The summed E-state index contributed by atoms with van der Waals surface area (Å²) in [6.07, 6.45) is 30.6. The molecule has 0 amide bonds. The molecule has 0 aromatic carbocycles. The van der Waals surface area contributed by atoms with Gasteiger partial charge in [0, 0.05) is 6.42 Å². The molecule has 2 nitrogen and oxygen atoms in total. The van der Waals surface area contributed by atoms with Gasteiger partial charge in [0.2, 0.25) is 0 Å². The first-order valence-electron chi connectivity index (χ1n) is 9.29. The van der Waals surface area contributed by atoms with Gasteiger partial charge in [0.25, 0.3) is 0 Å². The van der Waals surface area contributed by atoms with Gasteiger partial charge in [0.1, 0.15) is 0 Å². The Kier molecular flexibility index (Phi) is 16.7. The monoisotopic (exact) mass is 342 g/mol. The summed E-state index contributed by atoms with van der Waals surface area (Å²) in [7, 11) is 0. The standard InChI is InChI=1S/C23H34O2/c1-3-4-5-6-7-8-9-10-11-12-13-16-19-22(2)20-17-14-15-18-21-23(24)25/h4-5,7-8,10-11,13-16,20H,3,6,9,12,17-19,21H2,1-2H3,(H,24,25). The zero-order valence-corrected chi connectivity index (χ0v) is 15.9. The first-order chi connectivity index (χ1) is 12.2. The van der Waals surface area contributed by atoms with E-state index in [2.05, 4.69) is 68.5 Å². The van der Waals surface area contributed by atoms with Gasteiger partial charge in [-0.05, 0) is 51.9 Å².